The zero-order valence-electron chi connectivity index (χ0n) is 13.4. The van der Waals surface area contributed by atoms with Crippen molar-refractivity contribution >= 4 is 17.8 Å². The lowest BCUT2D eigenvalue weighted by atomic mass is 10.1. The number of hydrogen-bond acceptors (Lipinski definition) is 3. The highest BCUT2D eigenvalue weighted by Crippen LogP contribution is 2.30. The Bertz CT molecular complexity index is 834. The number of alkyl halides is 3. The Balaban J connectivity index is 1.69. The molecule has 0 saturated carbocycles. The van der Waals surface area contributed by atoms with Crippen molar-refractivity contribution < 1.29 is 27.9 Å². The van der Waals surface area contributed by atoms with Gasteiger partial charge in [-0.25, -0.2) is 9.48 Å². The molecular weight excluding hydrogens is 353 g/mol. The van der Waals surface area contributed by atoms with Crippen LogP contribution in [0.5, 0.6) is 0 Å². The highest BCUT2D eigenvalue weighted by Gasteiger charge is 2.32. The summed E-state index contributed by atoms with van der Waals surface area (Å²) in [6.07, 6.45) is -2.66. The van der Waals surface area contributed by atoms with Crippen LogP contribution in [-0.2, 0) is 11.0 Å². The summed E-state index contributed by atoms with van der Waals surface area (Å²) >= 11 is 0. The SMILES string of the molecule is O=C(O)C1CCN(C(=O)Nc2ccn(-c3cccc(C(F)(F)F)c3)n2)C1. The quantitative estimate of drug-likeness (QED) is 0.872. The van der Waals surface area contributed by atoms with Gasteiger partial charge < -0.3 is 10.0 Å². The number of nitrogens with one attached hydrogen (secondary N) is 1. The standard InChI is InChI=1S/C16H15F3N4O3/c17-16(18,19)11-2-1-3-12(8-11)23-7-5-13(21-23)20-15(26)22-6-4-10(9-22)14(24)25/h1-3,5,7-8,10H,4,6,9H2,(H,24,25)(H,20,21,26). The van der Waals surface area contributed by atoms with E-state index in [2.05, 4.69) is 10.4 Å². The summed E-state index contributed by atoms with van der Waals surface area (Å²) in [5.74, 6) is -1.39. The van der Waals surface area contributed by atoms with Gasteiger partial charge in [0.15, 0.2) is 5.82 Å². The molecule has 1 fully saturated rings. The Morgan fingerprint density at radius 1 is 1.27 bits per heavy atom. The third-order valence-electron chi connectivity index (χ3n) is 4.09. The molecule has 2 N–H and O–H groups in total. The molecule has 0 aliphatic carbocycles. The van der Waals surface area contributed by atoms with Crippen molar-refractivity contribution in [2.75, 3.05) is 18.4 Å². The molecule has 3 rings (SSSR count). The molecule has 26 heavy (non-hydrogen) atoms. The molecule has 0 bridgehead atoms. The number of nitrogens with zero attached hydrogens (tertiary/aromatic N) is 3. The summed E-state index contributed by atoms with van der Waals surface area (Å²) in [6.45, 7) is 0.423. The highest BCUT2D eigenvalue weighted by atomic mass is 19.4. The number of amides is 2. The summed E-state index contributed by atoms with van der Waals surface area (Å²) in [5, 5.41) is 15.5. The number of carboxylic acids is 1. The van der Waals surface area contributed by atoms with Crippen LogP contribution in [0.4, 0.5) is 23.8 Å². The number of halogens is 3. The van der Waals surface area contributed by atoms with Crippen LogP contribution in [0.15, 0.2) is 36.5 Å². The fraction of sp³-hybridized carbons (Fsp3) is 0.312. The Labute approximate surface area is 146 Å². The van der Waals surface area contributed by atoms with Crippen LogP contribution in [0.2, 0.25) is 0 Å². The van der Waals surface area contributed by atoms with Crippen LogP contribution in [0.1, 0.15) is 12.0 Å². The second-order valence-electron chi connectivity index (χ2n) is 5.89. The van der Waals surface area contributed by atoms with Crippen molar-refractivity contribution in [1.82, 2.24) is 14.7 Å². The maximum absolute atomic E-state index is 12.8. The molecule has 1 aromatic carbocycles. The van der Waals surface area contributed by atoms with Gasteiger partial charge >= 0.3 is 18.2 Å². The van der Waals surface area contributed by atoms with Crippen LogP contribution in [0.3, 0.4) is 0 Å². The van der Waals surface area contributed by atoms with E-state index < -0.39 is 29.7 Å². The van der Waals surface area contributed by atoms with E-state index in [9.17, 15) is 22.8 Å². The van der Waals surface area contributed by atoms with Gasteiger partial charge in [0.05, 0.1) is 17.2 Å². The van der Waals surface area contributed by atoms with Crippen molar-refractivity contribution in [3.05, 3.63) is 42.1 Å². The maximum atomic E-state index is 12.8. The van der Waals surface area contributed by atoms with Crippen LogP contribution < -0.4 is 5.32 Å². The zero-order chi connectivity index (χ0) is 18.9. The van der Waals surface area contributed by atoms with Gasteiger partial charge in [0.1, 0.15) is 0 Å². The Kier molecular flexibility index (Phi) is 4.58. The summed E-state index contributed by atoms with van der Waals surface area (Å²) < 4.78 is 39.6. The predicted molar refractivity (Wildman–Crippen MR) is 84.9 cm³/mol. The molecule has 10 heteroatoms. The van der Waals surface area contributed by atoms with E-state index in [1.165, 1.54) is 34.0 Å². The molecule has 2 heterocycles. The van der Waals surface area contributed by atoms with Crippen LogP contribution in [0, 0.1) is 5.92 Å². The van der Waals surface area contributed by atoms with Crippen molar-refractivity contribution in [3.8, 4) is 5.69 Å². The fourth-order valence-corrected chi connectivity index (χ4v) is 2.69. The number of benzene rings is 1. The lowest BCUT2D eigenvalue weighted by molar-refractivity contribution is -0.141. The van der Waals surface area contributed by atoms with Crippen molar-refractivity contribution in [2.24, 2.45) is 5.92 Å². The first-order valence-electron chi connectivity index (χ1n) is 7.76. The Hall–Kier alpha value is -3.04. The van der Waals surface area contributed by atoms with E-state index in [1.807, 2.05) is 0 Å². The van der Waals surface area contributed by atoms with Crippen LogP contribution in [-0.4, -0.2) is 44.9 Å². The normalized spacial score (nSPS) is 17.3. The minimum absolute atomic E-state index is 0.107. The Morgan fingerprint density at radius 3 is 2.69 bits per heavy atom. The number of anilines is 1. The fourth-order valence-electron chi connectivity index (χ4n) is 2.69. The lowest BCUT2D eigenvalue weighted by Crippen LogP contribution is -2.33. The average molecular weight is 368 g/mol. The monoisotopic (exact) mass is 368 g/mol. The molecule has 1 unspecified atom stereocenters. The van der Waals surface area contributed by atoms with Crippen molar-refractivity contribution in [1.29, 1.82) is 0 Å². The number of carbonyl (C=O) groups is 2. The topological polar surface area (TPSA) is 87.5 Å². The zero-order valence-corrected chi connectivity index (χ0v) is 13.4. The molecule has 2 aromatic rings. The first-order chi connectivity index (χ1) is 12.2. The summed E-state index contributed by atoms with van der Waals surface area (Å²) in [7, 11) is 0. The maximum Gasteiger partial charge on any atom is 0.416 e. The predicted octanol–water partition coefficient (Wildman–Crippen LogP) is 2.83. The number of rotatable bonds is 3. The van der Waals surface area contributed by atoms with Gasteiger partial charge in [-0.3, -0.25) is 10.1 Å². The van der Waals surface area contributed by atoms with Gasteiger partial charge in [0, 0.05) is 25.4 Å². The van der Waals surface area contributed by atoms with E-state index in [-0.39, 0.29) is 18.1 Å². The van der Waals surface area contributed by atoms with Crippen molar-refractivity contribution in [2.45, 2.75) is 12.6 Å². The number of carbonyl (C=O) groups excluding carboxylic acids is 1. The van der Waals surface area contributed by atoms with E-state index in [4.69, 9.17) is 5.11 Å². The van der Waals surface area contributed by atoms with Gasteiger partial charge in [-0.15, -0.1) is 5.10 Å². The molecule has 2 amide bonds. The molecular formula is C16H15F3N4O3. The largest absolute Gasteiger partial charge is 0.481 e. The number of aliphatic carboxylic acids is 1. The minimum Gasteiger partial charge on any atom is -0.481 e. The summed E-state index contributed by atoms with van der Waals surface area (Å²) in [6, 6.07) is 5.60. The number of hydrogen-bond donors (Lipinski definition) is 2. The number of carboxylic acid groups (broad SMARTS) is 1. The van der Waals surface area contributed by atoms with Gasteiger partial charge in [0.25, 0.3) is 0 Å². The molecule has 138 valence electrons. The van der Waals surface area contributed by atoms with Gasteiger partial charge in [-0.1, -0.05) is 6.07 Å². The molecule has 1 atom stereocenters. The van der Waals surface area contributed by atoms with Crippen molar-refractivity contribution in [3.63, 3.8) is 0 Å². The summed E-state index contributed by atoms with van der Waals surface area (Å²) in [5.41, 5.74) is -0.597. The van der Waals surface area contributed by atoms with Gasteiger partial charge in [0.2, 0.25) is 0 Å². The van der Waals surface area contributed by atoms with Gasteiger partial charge in [-0.2, -0.15) is 13.2 Å². The minimum atomic E-state index is -4.46. The first-order valence-corrected chi connectivity index (χ1v) is 7.76. The van der Waals surface area contributed by atoms with E-state index in [1.54, 1.807) is 0 Å². The number of aromatic nitrogens is 2. The molecule has 7 nitrogen and oxygen atoms in total. The van der Waals surface area contributed by atoms with E-state index in [0.717, 1.165) is 12.1 Å². The number of urea groups is 1. The smallest absolute Gasteiger partial charge is 0.416 e. The van der Waals surface area contributed by atoms with E-state index >= 15 is 0 Å². The molecule has 1 aromatic heterocycles. The van der Waals surface area contributed by atoms with Crippen LogP contribution in [0.25, 0.3) is 5.69 Å². The third-order valence-corrected chi connectivity index (χ3v) is 4.09. The second kappa shape index (κ2) is 6.70. The molecule has 1 aliphatic heterocycles. The van der Waals surface area contributed by atoms with Gasteiger partial charge in [-0.05, 0) is 24.6 Å². The summed E-state index contributed by atoms with van der Waals surface area (Å²) in [4.78, 5) is 24.4. The van der Waals surface area contributed by atoms with E-state index in [0.29, 0.717) is 13.0 Å². The average Bonchev–Trinajstić information content (AvgIpc) is 3.23. The first kappa shape index (κ1) is 17.8. The Morgan fingerprint density at radius 2 is 2.04 bits per heavy atom. The second-order valence-corrected chi connectivity index (χ2v) is 5.89. The van der Waals surface area contributed by atoms with Crippen LogP contribution >= 0.6 is 0 Å². The highest BCUT2D eigenvalue weighted by molar-refractivity contribution is 5.89. The molecule has 1 aliphatic rings. The lowest BCUT2D eigenvalue weighted by Gasteiger charge is -2.15. The molecule has 0 radical (unpaired) electrons. The number of likely N-dealkylation sites (tertiary alicyclic amines) is 1. The molecule has 0 spiro atoms. The molecule has 1 saturated heterocycles. The third kappa shape index (κ3) is 3.79.